The Hall–Kier alpha value is -4.92. The highest BCUT2D eigenvalue weighted by molar-refractivity contribution is 6.30. The summed E-state index contributed by atoms with van der Waals surface area (Å²) in [6.45, 7) is 1.78. The van der Waals surface area contributed by atoms with E-state index in [2.05, 4.69) is 61.9 Å². The Morgan fingerprint density at radius 3 is 2.43 bits per heavy atom. The van der Waals surface area contributed by atoms with Crippen molar-refractivity contribution in [3.8, 4) is 16.9 Å². The molecule has 3 N–H and O–H groups in total. The Morgan fingerprint density at radius 1 is 0.935 bits per heavy atom. The van der Waals surface area contributed by atoms with Crippen LogP contribution in [0.1, 0.15) is 45.2 Å². The lowest BCUT2D eigenvalue weighted by Gasteiger charge is -2.28. The van der Waals surface area contributed by atoms with Crippen LogP contribution in [0.15, 0.2) is 110 Å². The van der Waals surface area contributed by atoms with Gasteiger partial charge in [-0.25, -0.2) is 4.98 Å². The van der Waals surface area contributed by atoms with Crippen LogP contribution in [-0.4, -0.2) is 41.1 Å². The summed E-state index contributed by atoms with van der Waals surface area (Å²) in [4.78, 5) is 30.7. The molecule has 1 aliphatic heterocycles. The number of benzene rings is 4. The van der Waals surface area contributed by atoms with Gasteiger partial charge in [-0.05, 0) is 40.5 Å². The Labute approximate surface area is 273 Å². The Balaban J connectivity index is 1.12. The van der Waals surface area contributed by atoms with Crippen LogP contribution in [0.25, 0.3) is 11.1 Å². The lowest BCUT2D eigenvalue weighted by molar-refractivity contribution is -0.122. The molecule has 2 amide bonds. The van der Waals surface area contributed by atoms with E-state index in [9.17, 15) is 9.59 Å². The monoisotopic (exact) mass is 633 g/mol. The summed E-state index contributed by atoms with van der Waals surface area (Å²) in [5, 5.41) is 9.84. The van der Waals surface area contributed by atoms with Crippen LogP contribution in [0.3, 0.4) is 0 Å². The van der Waals surface area contributed by atoms with Gasteiger partial charge in [-0.3, -0.25) is 9.59 Å². The summed E-state index contributed by atoms with van der Waals surface area (Å²) in [6.07, 6.45) is 4.82. The minimum Gasteiger partial charge on any atom is -0.492 e. The van der Waals surface area contributed by atoms with Crippen molar-refractivity contribution in [2.24, 2.45) is 0 Å². The molecular formula is C37H36ClN5O3. The van der Waals surface area contributed by atoms with E-state index in [4.69, 9.17) is 16.3 Å². The zero-order valence-corrected chi connectivity index (χ0v) is 26.3. The van der Waals surface area contributed by atoms with E-state index in [-0.39, 0.29) is 17.9 Å². The number of likely N-dealkylation sites (N-methyl/N-ethyl adjacent to an activating group) is 1. The molecule has 6 rings (SSSR count). The molecule has 0 radical (unpaired) electrons. The van der Waals surface area contributed by atoms with Gasteiger partial charge >= 0.3 is 0 Å². The van der Waals surface area contributed by atoms with Gasteiger partial charge in [0, 0.05) is 55.8 Å². The van der Waals surface area contributed by atoms with E-state index >= 15 is 0 Å². The van der Waals surface area contributed by atoms with Crippen LogP contribution in [-0.2, 0) is 24.3 Å². The largest absolute Gasteiger partial charge is 0.492 e. The second kappa shape index (κ2) is 14.5. The summed E-state index contributed by atoms with van der Waals surface area (Å²) in [7, 11) is 1.56. The molecule has 2 heterocycles. The fourth-order valence-electron chi connectivity index (χ4n) is 5.79. The molecule has 5 aromatic rings. The SMILES string of the molecule is CNC(=O)[C@@H](Cc1ccc(Cl)cc1)NC(=O)c1cccc2c1OCCC2NCc1cncn1Cc1ccc(-c2ccccc2)cc1. The highest BCUT2D eigenvalue weighted by atomic mass is 35.5. The number of halogens is 1. The molecule has 2 atom stereocenters. The number of hydrogen-bond acceptors (Lipinski definition) is 5. The molecular weight excluding hydrogens is 598 g/mol. The minimum absolute atomic E-state index is 0.0196. The van der Waals surface area contributed by atoms with Crippen LogP contribution in [0.2, 0.25) is 5.02 Å². The Morgan fingerprint density at radius 2 is 1.67 bits per heavy atom. The fourth-order valence-corrected chi connectivity index (χ4v) is 5.91. The molecule has 4 aromatic carbocycles. The lowest BCUT2D eigenvalue weighted by Crippen LogP contribution is -2.47. The van der Waals surface area contributed by atoms with Crippen molar-refractivity contribution in [1.82, 2.24) is 25.5 Å². The molecule has 1 aromatic heterocycles. The molecule has 1 unspecified atom stereocenters. The quantitative estimate of drug-likeness (QED) is 0.167. The van der Waals surface area contributed by atoms with Crippen molar-refractivity contribution < 1.29 is 14.3 Å². The van der Waals surface area contributed by atoms with Crippen LogP contribution in [0.4, 0.5) is 0 Å². The highest BCUT2D eigenvalue weighted by Gasteiger charge is 2.28. The number of carbonyl (C=O) groups excluding carboxylic acids is 2. The smallest absolute Gasteiger partial charge is 0.255 e. The second-order valence-corrected chi connectivity index (χ2v) is 11.8. The number of nitrogens with zero attached hydrogens (tertiary/aromatic N) is 2. The number of aromatic nitrogens is 2. The number of amides is 2. The third-order valence-electron chi connectivity index (χ3n) is 8.28. The van der Waals surface area contributed by atoms with E-state index in [1.807, 2.05) is 55.0 Å². The third kappa shape index (κ3) is 7.30. The first-order valence-corrected chi connectivity index (χ1v) is 15.8. The standard InChI is InChI=1S/C37H36ClN5O3/c1-39-37(45)34(20-25-12-16-29(38)17-13-25)42-36(44)32-9-5-8-31-33(18-19-46-35(31)32)41-22-30-21-40-24-43(30)23-26-10-14-28(15-11-26)27-6-3-2-4-7-27/h2-17,21,24,33-34,41H,18-20,22-23H2,1H3,(H,39,45)(H,42,44)/t33?,34-/m1/s1. The minimum atomic E-state index is -0.762. The van der Waals surface area contributed by atoms with E-state index in [0.29, 0.717) is 42.5 Å². The fraction of sp³-hybridized carbons (Fsp3) is 0.216. The highest BCUT2D eigenvalue weighted by Crippen LogP contribution is 2.35. The van der Waals surface area contributed by atoms with Crippen molar-refractivity contribution in [3.63, 3.8) is 0 Å². The molecule has 0 fully saturated rings. The van der Waals surface area contributed by atoms with Gasteiger partial charge in [0.1, 0.15) is 11.8 Å². The summed E-state index contributed by atoms with van der Waals surface area (Å²) >= 11 is 6.02. The molecule has 1 aliphatic rings. The predicted octanol–water partition coefficient (Wildman–Crippen LogP) is 5.95. The maximum atomic E-state index is 13.5. The third-order valence-corrected chi connectivity index (χ3v) is 8.53. The molecule has 234 valence electrons. The van der Waals surface area contributed by atoms with E-state index in [1.54, 1.807) is 25.2 Å². The zero-order chi connectivity index (χ0) is 31.9. The predicted molar refractivity (Wildman–Crippen MR) is 180 cm³/mol. The molecule has 0 saturated heterocycles. The van der Waals surface area contributed by atoms with Crippen molar-refractivity contribution in [3.05, 3.63) is 143 Å². The number of nitrogens with one attached hydrogen (secondary N) is 3. The number of carbonyl (C=O) groups is 2. The number of rotatable bonds is 11. The molecule has 8 nitrogen and oxygen atoms in total. The Bertz CT molecular complexity index is 1790. The molecule has 0 bridgehead atoms. The summed E-state index contributed by atoms with van der Waals surface area (Å²) in [6, 6.07) is 31.0. The molecule has 0 saturated carbocycles. The lowest BCUT2D eigenvalue weighted by atomic mass is 9.96. The van der Waals surface area contributed by atoms with Crippen molar-refractivity contribution >= 4 is 23.4 Å². The van der Waals surface area contributed by atoms with Crippen LogP contribution >= 0.6 is 11.6 Å². The van der Waals surface area contributed by atoms with Crippen molar-refractivity contribution in [2.75, 3.05) is 13.7 Å². The van der Waals surface area contributed by atoms with Gasteiger partial charge in [-0.15, -0.1) is 0 Å². The molecule has 0 aliphatic carbocycles. The summed E-state index contributed by atoms with van der Waals surface area (Å²) in [5.41, 5.74) is 6.84. The van der Waals surface area contributed by atoms with Gasteiger partial charge in [-0.2, -0.15) is 0 Å². The van der Waals surface area contributed by atoms with Gasteiger partial charge in [0.05, 0.1) is 24.2 Å². The van der Waals surface area contributed by atoms with Gasteiger partial charge in [0.2, 0.25) is 5.91 Å². The van der Waals surface area contributed by atoms with Crippen LogP contribution in [0.5, 0.6) is 5.75 Å². The maximum absolute atomic E-state index is 13.5. The van der Waals surface area contributed by atoms with Crippen molar-refractivity contribution in [1.29, 1.82) is 0 Å². The number of imidazole rings is 1. The van der Waals surface area contributed by atoms with Crippen LogP contribution in [0, 0.1) is 0 Å². The second-order valence-electron chi connectivity index (χ2n) is 11.3. The first-order valence-electron chi connectivity index (χ1n) is 15.4. The summed E-state index contributed by atoms with van der Waals surface area (Å²) < 4.78 is 8.20. The zero-order valence-electron chi connectivity index (χ0n) is 25.6. The van der Waals surface area contributed by atoms with E-state index in [0.717, 1.165) is 23.2 Å². The maximum Gasteiger partial charge on any atom is 0.255 e. The van der Waals surface area contributed by atoms with Crippen LogP contribution < -0.4 is 20.7 Å². The van der Waals surface area contributed by atoms with Gasteiger partial charge in [-0.1, -0.05) is 90.5 Å². The van der Waals surface area contributed by atoms with E-state index < -0.39 is 6.04 Å². The molecule has 9 heteroatoms. The number of ether oxygens (including phenoxy) is 1. The van der Waals surface area contributed by atoms with Gasteiger partial charge in [0.25, 0.3) is 5.91 Å². The topological polar surface area (TPSA) is 97.3 Å². The summed E-state index contributed by atoms with van der Waals surface area (Å²) in [5.74, 6) is -0.105. The number of hydrogen-bond donors (Lipinski definition) is 3. The molecule has 0 spiro atoms. The average Bonchev–Trinajstić information content (AvgIpc) is 3.54. The average molecular weight is 634 g/mol. The Kier molecular flexibility index (Phi) is 9.76. The molecule has 46 heavy (non-hydrogen) atoms. The number of para-hydroxylation sites is 1. The number of fused-ring (bicyclic) bond motifs is 1. The van der Waals surface area contributed by atoms with Gasteiger partial charge in [0.15, 0.2) is 0 Å². The van der Waals surface area contributed by atoms with E-state index in [1.165, 1.54) is 16.7 Å². The normalized spacial score (nSPS) is 14.5. The van der Waals surface area contributed by atoms with Gasteiger partial charge < -0.3 is 25.3 Å². The van der Waals surface area contributed by atoms with Crippen molar-refractivity contribution in [2.45, 2.75) is 38.0 Å². The first-order chi connectivity index (χ1) is 22.5. The first kappa shape index (κ1) is 31.1.